The number of aryl methyl sites for hydroxylation is 3. The number of thiophene rings is 1. The second-order valence-electron chi connectivity index (χ2n) is 7.78. The Balaban J connectivity index is 1.41. The Morgan fingerprint density at radius 1 is 1.03 bits per heavy atom. The van der Waals surface area contributed by atoms with Crippen molar-refractivity contribution in [1.82, 2.24) is 15.0 Å². The summed E-state index contributed by atoms with van der Waals surface area (Å²) >= 11 is 1.80. The van der Waals surface area contributed by atoms with Gasteiger partial charge in [0, 0.05) is 22.8 Å². The fourth-order valence-electron chi connectivity index (χ4n) is 4.13. The second kappa shape index (κ2) is 9.02. The molecule has 0 amide bonds. The van der Waals surface area contributed by atoms with Gasteiger partial charge in [0.1, 0.15) is 10.6 Å². The normalized spacial score (nSPS) is 13.2. The molecule has 4 aromatic rings. The molecule has 0 aliphatic heterocycles. The van der Waals surface area contributed by atoms with E-state index in [4.69, 9.17) is 19.4 Å². The van der Waals surface area contributed by atoms with Crippen LogP contribution in [0.5, 0.6) is 11.6 Å². The maximum absolute atomic E-state index is 6.29. The lowest BCUT2D eigenvalue weighted by Gasteiger charge is -2.13. The first-order valence-electron chi connectivity index (χ1n) is 10.8. The highest BCUT2D eigenvalue weighted by Gasteiger charge is 2.22. The number of fused-ring (bicyclic) bond motifs is 3. The van der Waals surface area contributed by atoms with Crippen LogP contribution in [0.15, 0.2) is 48.8 Å². The minimum absolute atomic E-state index is 0.615. The van der Waals surface area contributed by atoms with Crippen molar-refractivity contribution in [1.29, 1.82) is 0 Å². The third-order valence-electron chi connectivity index (χ3n) is 5.70. The van der Waals surface area contributed by atoms with E-state index in [0.29, 0.717) is 12.4 Å². The van der Waals surface area contributed by atoms with Gasteiger partial charge in [-0.25, -0.2) is 4.98 Å². The average molecular weight is 432 g/mol. The Bertz CT molecular complexity index is 1190. The topological polar surface area (TPSA) is 57.1 Å². The molecule has 0 saturated carbocycles. The largest absolute Gasteiger partial charge is 0.497 e. The highest BCUT2D eigenvalue weighted by atomic mass is 32.1. The molecule has 5 rings (SSSR count). The van der Waals surface area contributed by atoms with Crippen molar-refractivity contribution in [3.05, 3.63) is 64.8 Å². The summed E-state index contributed by atoms with van der Waals surface area (Å²) in [6, 6.07) is 12.1. The minimum atomic E-state index is 0.615. The molecule has 3 heterocycles. The van der Waals surface area contributed by atoms with Crippen molar-refractivity contribution in [2.45, 2.75) is 38.5 Å². The number of ether oxygens (including phenoxy) is 2. The van der Waals surface area contributed by atoms with E-state index in [1.807, 2.05) is 24.3 Å². The van der Waals surface area contributed by atoms with Crippen molar-refractivity contribution in [2.75, 3.05) is 13.7 Å². The van der Waals surface area contributed by atoms with E-state index >= 15 is 0 Å². The van der Waals surface area contributed by atoms with Gasteiger partial charge in [0.15, 0.2) is 5.82 Å². The third-order valence-corrected chi connectivity index (χ3v) is 6.89. The predicted octanol–water partition coefficient (Wildman–Crippen LogP) is 5.65. The van der Waals surface area contributed by atoms with Gasteiger partial charge in [-0.2, -0.15) is 4.98 Å². The van der Waals surface area contributed by atoms with Crippen LogP contribution in [0.1, 0.15) is 35.3 Å². The van der Waals surface area contributed by atoms with Crippen LogP contribution in [-0.2, 0) is 19.3 Å². The van der Waals surface area contributed by atoms with Gasteiger partial charge in [0.05, 0.1) is 19.1 Å². The lowest BCUT2D eigenvalue weighted by Crippen LogP contribution is -2.05. The number of pyridine rings is 1. The number of hydrogen-bond acceptors (Lipinski definition) is 6. The number of methoxy groups -OCH3 is 1. The lowest BCUT2D eigenvalue weighted by atomic mass is 9.97. The molecule has 0 radical (unpaired) electrons. The molecule has 0 N–H and O–H groups in total. The summed E-state index contributed by atoms with van der Waals surface area (Å²) in [4.78, 5) is 16.3. The van der Waals surface area contributed by atoms with Crippen LogP contribution in [0.25, 0.3) is 21.6 Å². The number of hydrogen-bond donors (Lipinski definition) is 0. The first-order chi connectivity index (χ1) is 15.3. The molecule has 0 atom stereocenters. The van der Waals surface area contributed by atoms with E-state index in [-0.39, 0.29) is 0 Å². The van der Waals surface area contributed by atoms with Crippen LogP contribution >= 0.6 is 11.3 Å². The molecule has 3 aromatic heterocycles. The molecule has 0 unspecified atom stereocenters. The summed E-state index contributed by atoms with van der Waals surface area (Å²) in [6.45, 7) is 0.615. The SMILES string of the molecule is COc1cccc(CCCOc2nc(-c3ccncc3)nc3sc4c(c23)CCCC4)c1. The van der Waals surface area contributed by atoms with E-state index in [9.17, 15) is 0 Å². The van der Waals surface area contributed by atoms with E-state index in [1.54, 1.807) is 30.8 Å². The van der Waals surface area contributed by atoms with Gasteiger partial charge < -0.3 is 9.47 Å². The van der Waals surface area contributed by atoms with Crippen LogP contribution in [0.2, 0.25) is 0 Å². The summed E-state index contributed by atoms with van der Waals surface area (Å²) < 4.78 is 11.6. The molecule has 31 heavy (non-hydrogen) atoms. The maximum Gasteiger partial charge on any atom is 0.226 e. The van der Waals surface area contributed by atoms with E-state index in [1.165, 1.54) is 28.8 Å². The summed E-state index contributed by atoms with van der Waals surface area (Å²) in [7, 11) is 1.70. The molecule has 5 nitrogen and oxygen atoms in total. The van der Waals surface area contributed by atoms with Crippen molar-refractivity contribution in [3.8, 4) is 23.0 Å². The monoisotopic (exact) mass is 431 g/mol. The molecule has 1 aromatic carbocycles. The van der Waals surface area contributed by atoms with Crippen LogP contribution in [-0.4, -0.2) is 28.7 Å². The minimum Gasteiger partial charge on any atom is -0.497 e. The zero-order valence-corrected chi connectivity index (χ0v) is 18.5. The zero-order chi connectivity index (χ0) is 21.0. The summed E-state index contributed by atoms with van der Waals surface area (Å²) in [6.07, 6.45) is 10.1. The van der Waals surface area contributed by atoms with Crippen molar-refractivity contribution < 1.29 is 9.47 Å². The number of aromatic nitrogens is 3. The number of nitrogens with zero attached hydrogens (tertiary/aromatic N) is 3. The second-order valence-corrected chi connectivity index (χ2v) is 8.87. The predicted molar refractivity (Wildman–Crippen MR) is 124 cm³/mol. The van der Waals surface area contributed by atoms with Crippen LogP contribution in [0, 0.1) is 0 Å². The average Bonchev–Trinajstić information content (AvgIpc) is 3.21. The summed E-state index contributed by atoms with van der Waals surface area (Å²) in [5.41, 5.74) is 3.61. The molecule has 0 bridgehead atoms. The smallest absolute Gasteiger partial charge is 0.226 e. The highest BCUT2D eigenvalue weighted by Crippen LogP contribution is 2.40. The van der Waals surface area contributed by atoms with Gasteiger partial charge >= 0.3 is 0 Å². The van der Waals surface area contributed by atoms with E-state index in [2.05, 4.69) is 17.1 Å². The first-order valence-corrected chi connectivity index (χ1v) is 11.6. The quantitative estimate of drug-likeness (QED) is 0.354. The fraction of sp³-hybridized carbons (Fsp3) is 0.320. The Labute approximate surface area is 186 Å². The maximum atomic E-state index is 6.29. The van der Waals surface area contributed by atoms with Gasteiger partial charge in [-0.1, -0.05) is 12.1 Å². The van der Waals surface area contributed by atoms with Crippen molar-refractivity contribution in [2.24, 2.45) is 0 Å². The highest BCUT2D eigenvalue weighted by molar-refractivity contribution is 7.18. The Hall–Kier alpha value is -2.99. The van der Waals surface area contributed by atoms with Gasteiger partial charge in [0.2, 0.25) is 5.88 Å². The summed E-state index contributed by atoms with van der Waals surface area (Å²) in [5.74, 6) is 2.32. The van der Waals surface area contributed by atoms with Crippen LogP contribution < -0.4 is 9.47 Å². The molecule has 1 aliphatic rings. The zero-order valence-electron chi connectivity index (χ0n) is 17.6. The van der Waals surface area contributed by atoms with Gasteiger partial charge in [0.25, 0.3) is 0 Å². The third kappa shape index (κ3) is 4.26. The van der Waals surface area contributed by atoms with E-state index in [0.717, 1.165) is 53.1 Å². The lowest BCUT2D eigenvalue weighted by molar-refractivity contribution is 0.303. The molecule has 6 heteroatoms. The summed E-state index contributed by atoms with van der Waals surface area (Å²) in [5, 5.41) is 1.12. The molecule has 0 fully saturated rings. The van der Waals surface area contributed by atoms with Gasteiger partial charge in [-0.3, -0.25) is 4.98 Å². The van der Waals surface area contributed by atoms with Crippen LogP contribution in [0.4, 0.5) is 0 Å². The Kier molecular flexibility index (Phi) is 5.80. The molecular weight excluding hydrogens is 406 g/mol. The standard InChI is InChI=1S/C25H25N3O2S/c1-29-19-8-4-6-17(16-19)7-5-15-30-24-22-20-9-2-3-10-21(20)31-25(22)28-23(27-24)18-11-13-26-14-12-18/h4,6,8,11-14,16H,2-3,5,7,9-10,15H2,1H3. The van der Waals surface area contributed by atoms with Crippen LogP contribution in [0.3, 0.4) is 0 Å². The van der Waals surface area contributed by atoms with Gasteiger partial charge in [-0.15, -0.1) is 11.3 Å². The first kappa shape index (κ1) is 19.9. The van der Waals surface area contributed by atoms with Gasteiger partial charge in [-0.05, 0) is 73.9 Å². The molecular formula is C25H25N3O2S. The number of benzene rings is 1. The van der Waals surface area contributed by atoms with E-state index < -0.39 is 0 Å². The van der Waals surface area contributed by atoms with Crippen molar-refractivity contribution >= 4 is 21.6 Å². The molecule has 0 spiro atoms. The molecule has 0 saturated heterocycles. The fourth-order valence-corrected chi connectivity index (χ4v) is 5.38. The molecule has 158 valence electrons. The van der Waals surface area contributed by atoms with Crippen molar-refractivity contribution in [3.63, 3.8) is 0 Å². The Morgan fingerprint density at radius 2 is 1.90 bits per heavy atom. The number of rotatable bonds is 7. The Morgan fingerprint density at radius 3 is 2.77 bits per heavy atom. The molecule has 1 aliphatic carbocycles.